The quantitative estimate of drug-likeness (QED) is 0.607. The minimum absolute atomic E-state index is 0.0292. The molecular formula is C14H16N6OS2. The van der Waals surface area contributed by atoms with E-state index in [1.807, 2.05) is 11.6 Å². The summed E-state index contributed by atoms with van der Waals surface area (Å²) in [6.07, 6.45) is 3.26. The zero-order chi connectivity index (χ0) is 15.6. The summed E-state index contributed by atoms with van der Waals surface area (Å²) in [5.41, 5.74) is 0. The van der Waals surface area contributed by atoms with E-state index in [4.69, 9.17) is 4.52 Å². The predicted octanol–water partition coefficient (Wildman–Crippen LogP) is 3.09. The Morgan fingerprint density at radius 1 is 1.48 bits per heavy atom. The summed E-state index contributed by atoms with van der Waals surface area (Å²) in [7, 11) is 0. The molecule has 0 amide bonds. The topological polar surface area (TPSA) is 82.5 Å². The van der Waals surface area contributed by atoms with Gasteiger partial charge in [0.2, 0.25) is 11.0 Å². The van der Waals surface area contributed by atoms with Crippen molar-refractivity contribution in [2.24, 2.45) is 0 Å². The largest absolute Gasteiger partial charge is 0.338 e. The first kappa shape index (κ1) is 14.8. The van der Waals surface area contributed by atoms with E-state index in [1.165, 1.54) is 17.7 Å². The first-order valence-electron chi connectivity index (χ1n) is 7.58. The second-order valence-corrected chi connectivity index (χ2v) is 7.88. The van der Waals surface area contributed by atoms with Gasteiger partial charge in [0.05, 0.1) is 11.8 Å². The fraction of sp³-hybridized carbons (Fsp3) is 0.500. The van der Waals surface area contributed by atoms with Gasteiger partial charge in [0.1, 0.15) is 0 Å². The molecule has 1 aliphatic carbocycles. The van der Waals surface area contributed by atoms with Crippen LogP contribution in [0.4, 0.5) is 0 Å². The van der Waals surface area contributed by atoms with E-state index in [2.05, 4.69) is 43.2 Å². The smallest absolute Gasteiger partial charge is 0.239 e. The summed E-state index contributed by atoms with van der Waals surface area (Å²) in [4.78, 5) is 5.82. The lowest BCUT2D eigenvalue weighted by Crippen LogP contribution is -2.05. The van der Waals surface area contributed by atoms with Crippen molar-refractivity contribution in [1.82, 2.24) is 30.3 Å². The molecule has 1 aliphatic rings. The van der Waals surface area contributed by atoms with Crippen LogP contribution in [0.5, 0.6) is 0 Å². The van der Waals surface area contributed by atoms with Crippen molar-refractivity contribution in [3.05, 3.63) is 34.1 Å². The average Bonchev–Trinajstić information content (AvgIpc) is 3.00. The lowest BCUT2D eigenvalue weighted by molar-refractivity contribution is 0.374. The van der Waals surface area contributed by atoms with Crippen LogP contribution in [-0.2, 0) is 13.0 Å². The number of thiophene rings is 1. The van der Waals surface area contributed by atoms with Gasteiger partial charge in [0.25, 0.3) is 0 Å². The maximum atomic E-state index is 5.38. The van der Waals surface area contributed by atoms with Gasteiger partial charge in [-0.1, -0.05) is 23.0 Å². The molecule has 9 heteroatoms. The Balaban J connectivity index is 1.40. The second kappa shape index (κ2) is 6.40. The number of nitrogens with zero attached hydrogens (tertiary/aromatic N) is 6. The highest BCUT2D eigenvalue weighted by molar-refractivity contribution is 7.99. The van der Waals surface area contributed by atoms with Gasteiger partial charge in [-0.2, -0.15) is 4.98 Å². The van der Waals surface area contributed by atoms with Crippen LogP contribution in [0, 0.1) is 0 Å². The Bertz CT molecular complexity index is 764. The number of aryl methyl sites for hydroxylation is 2. The summed E-state index contributed by atoms with van der Waals surface area (Å²) in [5, 5.41) is 18.9. The molecule has 120 valence electrons. The van der Waals surface area contributed by atoms with Crippen LogP contribution in [0.1, 0.15) is 47.5 Å². The minimum Gasteiger partial charge on any atom is -0.338 e. The normalized spacial score (nSPS) is 15.9. The number of aromatic nitrogens is 6. The molecule has 0 aromatic carbocycles. The van der Waals surface area contributed by atoms with Gasteiger partial charge in [-0.25, -0.2) is 4.68 Å². The maximum Gasteiger partial charge on any atom is 0.239 e. The molecule has 0 radical (unpaired) electrons. The van der Waals surface area contributed by atoms with E-state index < -0.39 is 0 Å². The van der Waals surface area contributed by atoms with Crippen molar-refractivity contribution in [1.29, 1.82) is 0 Å². The van der Waals surface area contributed by atoms with E-state index in [1.54, 1.807) is 23.1 Å². The Morgan fingerprint density at radius 2 is 2.39 bits per heavy atom. The number of thioether (sulfide) groups is 1. The molecule has 0 spiro atoms. The summed E-state index contributed by atoms with van der Waals surface area (Å²) in [5.74, 6) is 1.98. The van der Waals surface area contributed by atoms with E-state index in [9.17, 15) is 0 Å². The highest BCUT2D eigenvalue weighted by Gasteiger charge is 2.30. The Kier molecular flexibility index (Phi) is 4.13. The molecule has 0 N–H and O–H groups in total. The molecule has 3 aromatic rings. The summed E-state index contributed by atoms with van der Waals surface area (Å²) in [6.45, 7) is 2.80. The second-order valence-electron chi connectivity index (χ2n) is 5.54. The van der Waals surface area contributed by atoms with Gasteiger partial charge in [-0.05, 0) is 41.6 Å². The van der Waals surface area contributed by atoms with Crippen molar-refractivity contribution < 1.29 is 4.52 Å². The van der Waals surface area contributed by atoms with E-state index in [0.717, 1.165) is 23.9 Å². The SMILES string of the molecule is C[C@@H](Sc1nnnn1CCc1cccs1)c1nc(C2CC2)no1. The van der Waals surface area contributed by atoms with Gasteiger partial charge < -0.3 is 4.52 Å². The zero-order valence-corrected chi connectivity index (χ0v) is 14.3. The van der Waals surface area contributed by atoms with Gasteiger partial charge in [-0.15, -0.1) is 16.4 Å². The molecule has 0 bridgehead atoms. The third kappa shape index (κ3) is 3.45. The highest BCUT2D eigenvalue weighted by atomic mass is 32.2. The molecule has 0 aliphatic heterocycles. The fourth-order valence-corrected chi connectivity index (χ4v) is 3.76. The van der Waals surface area contributed by atoms with E-state index in [-0.39, 0.29) is 5.25 Å². The number of hydrogen-bond donors (Lipinski definition) is 0. The Hall–Kier alpha value is -1.74. The summed E-state index contributed by atoms with van der Waals surface area (Å²) in [6, 6.07) is 4.19. The van der Waals surface area contributed by atoms with Gasteiger partial charge in [-0.3, -0.25) is 0 Å². The average molecular weight is 348 g/mol. The van der Waals surface area contributed by atoms with Crippen LogP contribution in [0.3, 0.4) is 0 Å². The van der Waals surface area contributed by atoms with Crippen LogP contribution in [-0.4, -0.2) is 30.3 Å². The standard InChI is InChI=1S/C14H16N6OS2/c1-9(13-15-12(17-21-13)10-4-5-10)23-14-16-18-19-20(14)7-6-11-3-2-8-22-11/h2-3,8-10H,4-7H2,1H3/t9-/m1/s1. The highest BCUT2D eigenvalue weighted by Crippen LogP contribution is 2.40. The van der Waals surface area contributed by atoms with E-state index >= 15 is 0 Å². The van der Waals surface area contributed by atoms with Crippen LogP contribution < -0.4 is 0 Å². The third-order valence-corrected chi connectivity index (χ3v) is 5.67. The molecule has 3 heterocycles. The predicted molar refractivity (Wildman–Crippen MR) is 86.4 cm³/mol. The first-order valence-corrected chi connectivity index (χ1v) is 9.34. The van der Waals surface area contributed by atoms with Crippen molar-refractivity contribution >= 4 is 23.1 Å². The molecule has 4 rings (SSSR count). The lowest BCUT2D eigenvalue weighted by Gasteiger charge is -2.06. The monoisotopic (exact) mass is 348 g/mol. The van der Waals surface area contributed by atoms with Crippen LogP contribution in [0.2, 0.25) is 0 Å². The lowest BCUT2D eigenvalue weighted by atomic mass is 10.3. The molecule has 0 saturated heterocycles. The molecule has 1 saturated carbocycles. The maximum absolute atomic E-state index is 5.38. The van der Waals surface area contributed by atoms with Crippen LogP contribution in [0.15, 0.2) is 27.2 Å². The molecule has 1 fully saturated rings. The van der Waals surface area contributed by atoms with Crippen molar-refractivity contribution in [2.75, 3.05) is 0 Å². The number of hydrogen-bond acceptors (Lipinski definition) is 8. The van der Waals surface area contributed by atoms with Crippen molar-refractivity contribution in [2.45, 2.75) is 49.1 Å². The molecule has 3 aromatic heterocycles. The van der Waals surface area contributed by atoms with Gasteiger partial charge in [0, 0.05) is 17.2 Å². The Morgan fingerprint density at radius 3 is 3.17 bits per heavy atom. The fourth-order valence-electron chi connectivity index (χ4n) is 2.22. The van der Waals surface area contributed by atoms with Gasteiger partial charge >= 0.3 is 0 Å². The molecule has 7 nitrogen and oxygen atoms in total. The molecular weight excluding hydrogens is 332 g/mol. The summed E-state index contributed by atoms with van der Waals surface area (Å²) >= 11 is 3.30. The van der Waals surface area contributed by atoms with E-state index in [0.29, 0.717) is 11.8 Å². The number of rotatable bonds is 7. The summed E-state index contributed by atoms with van der Waals surface area (Å²) < 4.78 is 7.21. The van der Waals surface area contributed by atoms with Crippen LogP contribution in [0.25, 0.3) is 0 Å². The minimum atomic E-state index is 0.0292. The first-order chi connectivity index (χ1) is 11.3. The molecule has 1 atom stereocenters. The van der Waals surface area contributed by atoms with Crippen molar-refractivity contribution in [3.63, 3.8) is 0 Å². The number of tetrazole rings is 1. The van der Waals surface area contributed by atoms with Crippen LogP contribution >= 0.6 is 23.1 Å². The molecule has 23 heavy (non-hydrogen) atoms. The third-order valence-electron chi connectivity index (χ3n) is 3.68. The Labute approximate surface area is 141 Å². The van der Waals surface area contributed by atoms with Crippen molar-refractivity contribution in [3.8, 4) is 0 Å². The molecule has 0 unspecified atom stereocenters. The van der Waals surface area contributed by atoms with Gasteiger partial charge in [0.15, 0.2) is 5.82 Å². The zero-order valence-electron chi connectivity index (χ0n) is 12.6.